The zero-order valence-corrected chi connectivity index (χ0v) is 21.8. The number of rotatable bonds is 9. The Kier molecular flexibility index (Phi) is 8.38. The van der Waals surface area contributed by atoms with Crippen LogP contribution in [-0.2, 0) is 14.6 Å². The number of halogens is 5. The summed E-state index contributed by atoms with van der Waals surface area (Å²) < 4.78 is 105. The maximum absolute atomic E-state index is 15.6. The van der Waals surface area contributed by atoms with Gasteiger partial charge in [-0.05, 0) is 50.8 Å². The molecule has 2 aromatic carbocycles. The van der Waals surface area contributed by atoms with Gasteiger partial charge in [0.05, 0.1) is 22.4 Å². The van der Waals surface area contributed by atoms with Crippen LogP contribution in [0.5, 0.6) is 5.75 Å². The van der Waals surface area contributed by atoms with E-state index < -0.39 is 68.9 Å². The number of anilines is 2. The molecule has 1 aliphatic rings. The molecule has 0 saturated carbocycles. The second kappa shape index (κ2) is 10.7. The van der Waals surface area contributed by atoms with Crippen LogP contribution in [0.15, 0.2) is 46.2 Å². The van der Waals surface area contributed by atoms with E-state index in [0.717, 1.165) is 30.0 Å². The lowest BCUT2D eigenvalue weighted by molar-refractivity contribution is -0.142. The summed E-state index contributed by atoms with van der Waals surface area (Å²) in [6.45, 7) is 0.875. The number of carbonyl (C=O) groups is 1. The van der Waals surface area contributed by atoms with Crippen molar-refractivity contribution in [1.82, 2.24) is 0 Å². The lowest BCUT2D eigenvalue weighted by Gasteiger charge is -2.30. The van der Waals surface area contributed by atoms with Crippen LogP contribution in [0.1, 0.15) is 26.7 Å². The summed E-state index contributed by atoms with van der Waals surface area (Å²) in [5.41, 5.74) is -0.137. The van der Waals surface area contributed by atoms with Gasteiger partial charge < -0.3 is 14.7 Å². The van der Waals surface area contributed by atoms with Crippen molar-refractivity contribution in [2.45, 2.75) is 47.7 Å². The number of carboxylic acids is 1. The molecule has 0 aliphatic carbocycles. The molecule has 0 amide bonds. The Morgan fingerprint density at radius 1 is 1.30 bits per heavy atom. The Labute approximate surface area is 215 Å². The van der Waals surface area contributed by atoms with Crippen molar-refractivity contribution >= 4 is 38.9 Å². The summed E-state index contributed by atoms with van der Waals surface area (Å²) in [4.78, 5) is 11.8. The van der Waals surface area contributed by atoms with Crippen LogP contribution in [0.25, 0.3) is 0 Å². The van der Waals surface area contributed by atoms with Crippen LogP contribution in [0, 0.1) is 17.7 Å². The SMILES string of the molecule is CSc1cc2c(cc1OC[C@@H](C)C(=O)O)S(=O)(=O)C(F)(F)[C@@H](CCC(C)(F)F)CN2c1cccc(F)c1. The third kappa shape index (κ3) is 6.14. The minimum atomic E-state index is -5.45. The Bertz CT molecular complexity index is 1270. The van der Waals surface area contributed by atoms with Gasteiger partial charge in [-0.1, -0.05) is 6.07 Å². The number of carboxylic acid groups (broad SMARTS) is 1. The fraction of sp³-hybridized carbons (Fsp3) is 0.458. The number of fused-ring (bicyclic) bond motifs is 1. The maximum atomic E-state index is 15.6. The van der Waals surface area contributed by atoms with E-state index in [1.54, 1.807) is 6.26 Å². The summed E-state index contributed by atoms with van der Waals surface area (Å²) in [6.07, 6.45) is -0.175. The molecule has 2 atom stereocenters. The molecule has 3 rings (SSSR count). The fourth-order valence-electron chi connectivity index (χ4n) is 3.88. The second-order valence-electron chi connectivity index (χ2n) is 8.98. The molecule has 2 aromatic rings. The molecule has 37 heavy (non-hydrogen) atoms. The van der Waals surface area contributed by atoms with E-state index >= 15 is 8.78 Å². The van der Waals surface area contributed by atoms with Crippen molar-refractivity contribution in [3.63, 3.8) is 0 Å². The molecule has 6 nitrogen and oxygen atoms in total. The minimum Gasteiger partial charge on any atom is -0.491 e. The highest BCUT2D eigenvalue weighted by Crippen LogP contribution is 2.50. The van der Waals surface area contributed by atoms with Gasteiger partial charge in [0.25, 0.3) is 0 Å². The topological polar surface area (TPSA) is 83.9 Å². The van der Waals surface area contributed by atoms with E-state index in [1.807, 2.05) is 0 Å². The molecule has 0 radical (unpaired) electrons. The molecule has 1 heterocycles. The first kappa shape index (κ1) is 29.0. The first-order chi connectivity index (χ1) is 17.1. The van der Waals surface area contributed by atoms with Gasteiger partial charge in [-0.25, -0.2) is 21.6 Å². The van der Waals surface area contributed by atoms with E-state index in [-0.39, 0.29) is 23.7 Å². The predicted molar refractivity (Wildman–Crippen MR) is 129 cm³/mol. The number of ether oxygens (including phenoxy) is 1. The Morgan fingerprint density at radius 2 is 1.97 bits per heavy atom. The summed E-state index contributed by atoms with van der Waals surface area (Å²) in [5.74, 6) is -8.34. The molecule has 0 saturated heterocycles. The Balaban J connectivity index is 2.23. The predicted octanol–water partition coefficient (Wildman–Crippen LogP) is 6.22. The van der Waals surface area contributed by atoms with Crippen molar-refractivity contribution in [1.29, 1.82) is 0 Å². The number of sulfone groups is 1. The first-order valence-electron chi connectivity index (χ1n) is 11.2. The van der Waals surface area contributed by atoms with E-state index in [9.17, 15) is 26.4 Å². The van der Waals surface area contributed by atoms with Crippen molar-refractivity contribution < 1.29 is 45.0 Å². The highest BCUT2D eigenvalue weighted by atomic mass is 32.2. The number of hydrogen-bond acceptors (Lipinski definition) is 6. The third-order valence-corrected chi connectivity index (χ3v) is 8.74. The third-order valence-electron chi connectivity index (χ3n) is 6.02. The average Bonchev–Trinajstić information content (AvgIpc) is 2.86. The van der Waals surface area contributed by atoms with Gasteiger partial charge >= 0.3 is 11.2 Å². The Hall–Kier alpha value is -2.54. The number of benzene rings is 2. The zero-order valence-electron chi connectivity index (χ0n) is 20.2. The molecule has 0 fully saturated rings. The number of nitrogens with zero attached hydrogens (tertiary/aromatic N) is 1. The molecule has 1 N–H and O–H groups in total. The van der Waals surface area contributed by atoms with Gasteiger partial charge in [-0.15, -0.1) is 11.8 Å². The number of hydrogen-bond donors (Lipinski definition) is 1. The highest BCUT2D eigenvalue weighted by molar-refractivity contribution is 7.98. The molecule has 0 unspecified atom stereocenters. The molecule has 13 heteroatoms. The van der Waals surface area contributed by atoms with Crippen LogP contribution in [0.3, 0.4) is 0 Å². The molecule has 0 spiro atoms. The van der Waals surface area contributed by atoms with Crippen LogP contribution < -0.4 is 9.64 Å². The summed E-state index contributed by atoms with van der Waals surface area (Å²) in [5, 5.41) is 4.67. The van der Waals surface area contributed by atoms with Crippen LogP contribution >= 0.6 is 11.8 Å². The standard InChI is InChI=1S/C24H26F5NO5S2/c1-14(22(31)32)13-35-19-11-21-18(10-20(19)36-3)30(17-6-4-5-16(25)9-17)12-15(7-8-23(2,26)27)24(28,29)37(21,33)34/h4-6,9-11,14-15H,7-8,12-13H2,1-3H3,(H,31,32)/t14-,15+/m1/s1. The minimum absolute atomic E-state index is 0.0580. The zero-order chi connectivity index (χ0) is 27.8. The molecular formula is C24H26F5NO5S2. The van der Waals surface area contributed by atoms with E-state index in [1.165, 1.54) is 30.0 Å². The normalized spacial score (nSPS) is 19.6. The van der Waals surface area contributed by atoms with Crippen LogP contribution in [-0.4, -0.2) is 50.1 Å². The van der Waals surface area contributed by atoms with E-state index in [2.05, 4.69) is 0 Å². The van der Waals surface area contributed by atoms with Crippen molar-refractivity contribution in [3.05, 3.63) is 42.2 Å². The first-order valence-corrected chi connectivity index (χ1v) is 13.9. The molecule has 1 aliphatic heterocycles. The van der Waals surface area contributed by atoms with Gasteiger partial charge in [-0.2, -0.15) is 8.78 Å². The molecule has 204 valence electrons. The van der Waals surface area contributed by atoms with E-state index in [0.29, 0.717) is 11.8 Å². The largest absolute Gasteiger partial charge is 0.491 e. The maximum Gasteiger partial charge on any atom is 0.354 e. The second-order valence-corrected chi connectivity index (χ2v) is 11.8. The van der Waals surface area contributed by atoms with Crippen LogP contribution in [0.2, 0.25) is 0 Å². The quantitative estimate of drug-likeness (QED) is 0.285. The van der Waals surface area contributed by atoms with Gasteiger partial charge in [0.1, 0.15) is 23.1 Å². The molecule has 0 bridgehead atoms. The Morgan fingerprint density at radius 3 is 2.54 bits per heavy atom. The smallest absolute Gasteiger partial charge is 0.354 e. The highest BCUT2D eigenvalue weighted by Gasteiger charge is 2.56. The van der Waals surface area contributed by atoms with Gasteiger partial charge in [0, 0.05) is 24.7 Å². The molecular weight excluding hydrogens is 541 g/mol. The summed E-state index contributed by atoms with van der Waals surface area (Å²) in [7, 11) is -5.45. The van der Waals surface area contributed by atoms with Crippen LogP contribution in [0.4, 0.5) is 33.3 Å². The van der Waals surface area contributed by atoms with Gasteiger partial charge in [-0.3, -0.25) is 4.79 Å². The van der Waals surface area contributed by atoms with E-state index in [4.69, 9.17) is 9.84 Å². The molecule has 0 aromatic heterocycles. The summed E-state index contributed by atoms with van der Waals surface area (Å²) in [6, 6.07) is 7.04. The number of thioether (sulfide) groups is 1. The number of aliphatic carboxylic acids is 1. The fourth-order valence-corrected chi connectivity index (χ4v) is 6.06. The number of alkyl halides is 4. The van der Waals surface area contributed by atoms with Crippen molar-refractivity contribution in [3.8, 4) is 5.75 Å². The van der Waals surface area contributed by atoms with Crippen molar-refractivity contribution in [2.24, 2.45) is 11.8 Å². The average molecular weight is 568 g/mol. The lowest BCUT2D eigenvalue weighted by Crippen LogP contribution is -2.40. The van der Waals surface area contributed by atoms with Gasteiger partial charge in [0.15, 0.2) is 0 Å². The van der Waals surface area contributed by atoms with Crippen molar-refractivity contribution in [2.75, 3.05) is 24.3 Å². The lowest BCUT2D eigenvalue weighted by atomic mass is 9.99. The van der Waals surface area contributed by atoms with Gasteiger partial charge in [0.2, 0.25) is 15.8 Å². The summed E-state index contributed by atoms with van der Waals surface area (Å²) >= 11 is 1.10. The monoisotopic (exact) mass is 567 g/mol.